The molecule has 2 heterocycles. The summed E-state index contributed by atoms with van der Waals surface area (Å²) in [5.74, 6) is -0.927. The molecule has 0 bridgehead atoms. The number of ether oxygens (including phenoxy) is 1. The van der Waals surface area contributed by atoms with Crippen molar-refractivity contribution in [2.75, 3.05) is 7.11 Å². The number of hydrogen-bond acceptors (Lipinski definition) is 7. The Balaban J connectivity index is 1.93. The molecule has 0 radical (unpaired) electrons. The molecule has 0 aliphatic rings. The highest BCUT2D eigenvalue weighted by Crippen LogP contribution is 2.23. The molecule has 3 aromatic rings. The number of methoxy groups -OCH3 is 1. The van der Waals surface area contributed by atoms with E-state index in [0.29, 0.717) is 16.7 Å². The zero-order valence-electron chi connectivity index (χ0n) is 13.7. The summed E-state index contributed by atoms with van der Waals surface area (Å²) < 4.78 is 11.1. The van der Waals surface area contributed by atoms with Crippen molar-refractivity contribution >= 4 is 34.6 Å². The van der Waals surface area contributed by atoms with Crippen molar-refractivity contribution in [3.05, 3.63) is 58.3 Å². The second kappa shape index (κ2) is 7.44. The van der Waals surface area contributed by atoms with Gasteiger partial charge in [0.15, 0.2) is 5.16 Å². The number of furan rings is 1. The van der Waals surface area contributed by atoms with Crippen LogP contribution < -0.4 is 5.56 Å². The number of carbonyl (C=O) groups is 2. The lowest BCUT2D eigenvalue weighted by atomic mass is 10.2. The maximum absolute atomic E-state index is 12.6. The third kappa shape index (κ3) is 3.62. The Morgan fingerprint density at radius 1 is 1.27 bits per heavy atom. The second-order valence-electron chi connectivity index (χ2n) is 5.24. The third-order valence-electron chi connectivity index (χ3n) is 3.51. The number of thioether (sulfide) groups is 1. The lowest BCUT2D eigenvalue weighted by molar-refractivity contribution is -0.137. The van der Waals surface area contributed by atoms with Crippen LogP contribution in [0.1, 0.15) is 16.3 Å². The number of benzene rings is 1. The van der Waals surface area contributed by atoms with Crippen LogP contribution in [0, 0.1) is 0 Å². The topological polar surface area (TPSA) is 112 Å². The van der Waals surface area contributed by atoms with Crippen molar-refractivity contribution in [1.29, 1.82) is 0 Å². The molecule has 0 amide bonds. The van der Waals surface area contributed by atoms with E-state index in [1.807, 2.05) is 0 Å². The number of aliphatic carboxylic acids is 1. The van der Waals surface area contributed by atoms with Crippen LogP contribution in [0.2, 0.25) is 0 Å². The molecule has 0 unspecified atom stereocenters. The molecule has 26 heavy (non-hydrogen) atoms. The van der Waals surface area contributed by atoms with E-state index in [1.165, 1.54) is 13.2 Å². The molecule has 1 aromatic carbocycles. The monoisotopic (exact) mass is 374 g/mol. The fourth-order valence-electron chi connectivity index (χ4n) is 2.33. The summed E-state index contributed by atoms with van der Waals surface area (Å²) in [5.41, 5.74) is 0.0616. The number of carboxylic acids is 1. The van der Waals surface area contributed by atoms with Crippen molar-refractivity contribution in [3.63, 3.8) is 0 Å². The zero-order valence-corrected chi connectivity index (χ0v) is 14.5. The number of rotatable bonds is 6. The van der Waals surface area contributed by atoms with Crippen LogP contribution in [0.3, 0.4) is 0 Å². The van der Waals surface area contributed by atoms with Gasteiger partial charge in [-0.15, -0.1) is 0 Å². The maximum atomic E-state index is 12.6. The van der Waals surface area contributed by atoms with Crippen molar-refractivity contribution < 1.29 is 23.8 Å². The van der Waals surface area contributed by atoms with Crippen molar-refractivity contribution in [2.24, 2.45) is 0 Å². The Kier molecular flexibility index (Phi) is 5.08. The van der Waals surface area contributed by atoms with Gasteiger partial charge in [0.25, 0.3) is 5.56 Å². The molecule has 0 fully saturated rings. The van der Waals surface area contributed by atoms with Crippen LogP contribution in [-0.2, 0) is 21.8 Å². The minimum atomic E-state index is -1.14. The highest BCUT2D eigenvalue weighted by molar-refractivity contribution is 7.98. The second-order valence-corrected chi connectivity index (χ2v) is 6.19. The summed E-state index contributed by atoms with van der Waals surface area (Å²) in [6.45, 7) is -0.495. The number of para-hydroxylation sites is 1. The van der Waals surface area contributed by atoms with Gasteiger partial charge in [-0.3, -0.25) is 14.2 Å². The van der Waals surface area contributed by atoms with Crippen LogP contribution >= 0.6 is 11.8 Å². The molecular formula is C17H14N2O6S. The van der Waals surface area contributed by atoms with E-state index in [-0.39, 0.29) is 16.7 Å². The van der Waals surface area contributed by atoms with Crippen LogP contribution in [-0.4, -0.2) is 33.7 Å². The van der Waals surface area contributed by atoms with E-state index >= 15 is 0 Å². The van der Waals surface area contributed by atoms with Gasteiger partial charge >= 0.3 is 11.9 Å². The summed E-state index contributed by atoms with van der Waals surface area (Å²) in [6.07, 6.45) is 0. The first-order valence-corrected chi connectivity index (χ1v) is 8.49. The van der Waals surface area contributed by atoms with E-state index in [2.05, 4.69) is 9.72 Å². The van der Waals surface area contributed by atoms with Crippen LogP contribution in [0.5, 0.6) is 0 Å². The summed E-state index contributed by atoms with van der Waals surface area (Å²) in [4.78, 5) is 39.5. The van der Waals surface area contributed by atoms with Crippen molar-refractivity contribution in [2.45, 2.75) is 17.5 Å². The normalized spacial score (nSPS) is 10.8. The molecular weight excluding hydrogens is 360 g/mol. The smallest absolute Gasteiger partial charge is 0.373 e. The number of esters is 1. The minimum absolute atomic E-state index is 0.0671. The average Bonchev–Trinajstić information content (AvgIpc) is 3.11. The highest BCUT2D eigenvalue weighted by atomic mass is 32.2. The van der Waals surface area contributed by atoms with Gasteiger partial charge in [0.1, 0.15) is 12.3 Å². The van der Waals surface area contributed by atoms with Gasteiger partial charge in [-0.05, 0) is 24.3 Å². The standard InChI is InChI=1S/C17H14N2O6S/c1-24-16(23)13-7-6-10(25-13)9-26-17-18-12-5-3-2-4-11(12)15(22)19(17)8-14(20)21/h2-7H,8-9H2,1H3,(H,20,21). The number of fused-ring (bicyclic) bond motifs is 1. The number of carboxylic acid groups (broad SMARTS) is 1. The number of hydrogen-bond donors (Lipinski definition) is 1. The Morgan fingerprint density at radius 3 is 2.77 bits per heavy atom. The van der Waals surface area contributed by atoms with Crippen LogP contribution in [0.25, 0.3) is 10.9 Å². The van der Waals surface area contributed by atoms with Gasteiger partial charge in [-0.25, -0.2) is 9.78 Å². The van der Waals surface area contributed by atoms with Crippen LogP contribution in [0.15, 0.2) is 50.8 Å². The Bertz CT molecular complexity index is 1040. The molecule has 0 spiro atoms. The van der Waals surface area contributed by atoms with E-state index in [9.17, 15) is 14.4 Å². The Hall–Kier alpha value is -3.07. The predicted octanol–water partition coefficient (Wildman–Crippen LogP) is 2.15. The fraction of sp³-hybridized carbons (Fsp3) is 0.176. The minimum Gasteiger partial charge on any atom is -0.480 e. The first-order valence-electron chi connectivity index (χ1n) is 7.51. The first kappa shape index (κ1) is 17.7. The summed E-state index contributed by atoms with van der Waals surface area (Å²) in [6, 6.07) is 9.83. The molecule has 0 atom stereocenters. The molecule has 0 saturated heterocycles. The summed E-state index contributed by atoms with van der Waals surface area (Å²) in [5, 5.41) is 9.71. The molecule has 2 aromatic heterocycles. The number of aromatic nitrogens is 2. The maximum Gasteiger partial charge on any atom is 0.373 e. The number of carbonyl (C=O) groups excluding carboxylic acids is 1. The molecule has 134 valence electrons. The SMILES string of the molecule is COC(=O)c1ccc(CSc2nc3ccccc3c(=O)n2CC(=O)O)o1. The third-order valence-corrected chi connectivity index (χ3v) is 4.51. The van der Waals surface area contributed by atoms with Crippen molar-refractivity contribution in [3.8, 4) is 0 Å². The van der Waals surface area contributed by atoms with Gasteiger partial charge in [0.05, 0.1) is 23.8 Å². The van der Waals surface area contributed by atoms with Gasteiger partial charge in [0.2, 0.25) is 5.76 Å². The Morgan fingerprint density at radius 2 is 2.04 bits per heavy atom. The largest absolute Gasteiger partial charge is 0.480 e. The van der Waals surface area contributed by atoms with E-state index < -0.39 is 24.0 Å². The molecule has 0 aliphatic carbocycles. The van der Waals surface area contributed by atoms with Gasteiger partial charge in [-0.2, -0.15) is 0 Å². The zero-order chi connectivity index (χ0) is 18.7. The fourth-order valence-corrected chi connectivity index (χ4v) is 3.23. The molecule has 9 heteroatoms. The van der Waals surface area contributed by atoms with Crippen molar-refractivity contribution in [1.82, 2.24) is 9.55 Å². The van der Waals surface area contributed by atoms with Gasteiger partial charge < -0.3 is 14.3 Å². The lowest BCUT2D eigenvalue weighted by Gasteiger charge is -2.10. The summed E-state index contributed by atoms with van der Waals surface area (Å²) in [7, 11) is 1.25. The predicted molar refractivity (Wildman–Crippen MR) is 93.2 cm³/mol. The average molecular weight is 374 g/mol. The van der Waals surface area contributed by atoms with Gasteiger partial charge in [-0.1, -0.05) is 23.9 Å². The lowest BCUT2D eigenvalue weighted by Crippen LogP contribution is -2.26. The highest BCUT2D eigenvalue weighted by Gasteiger charge is 2.16. The van der Waals surface area contributed by atoms with E-state index in [1.54, 1.807) is 30.3 Å². The number of nitrogens with zero attached hydrogens (tertiary/aromatic N) is 2. The first-order chi connectivity index (χ1) is 12.5. The quantitative estimate of drug-likeness (QED) is 0.397. The van der Waals surface area contributed by atoms with E-state index in [0.717, 1.165) is 16.3 Å². The van der Waals surface area contributed by atoms with Crippen LogP contribution in [0.4, 0.5) is 0 Å². The van der Waals surface area contributed by atoms with Gasteiger partial charge in [0, 0.05) is 0 Å². The molecule has 8 nitrogen and oxygen atoms in total. The molecule has 1 N–H and O–H groups in total. The molecule has 0 saturated carbocycles. The molecule has 3 rings (SSSR count). The summed E-state index contributed by atoms with van der Waals surface area (Å²) >= 11 is 1.15. The Labute approximate surface area is 151 Å². The van der Waals surface area contributed by atoms with E-state index in [4.69, 9.17) is 9.52 Å². The molecule has 0 aliphatic heterocycles.